The minimum Gasteiger partial charge on any atom is -0.494 e. The van der Waals surface area contributed by atoms with Gasteiger partial charge in [0.1, 0.15) is 11.6 Å². The highest BCUT2D eigenvalue weighted by atomic mass is 19.1. The zero-order chi connectivity index (χ0) is 19.8. The maximum absolute atomic E-state index is 12.8. The zero-order valence-corrected chi connectivity index (χ0v) is 15.4. The van der Waals surface area contributed by atoms with Gasteiger partial charge in [-0.3, -0.25) is 14.4 Å². The molecule has 1 N–H and O–H groups in total. The van der Waals surface area contributed by atoms with Crippen LogP contribution in [0.15, 0.2) is 24.3 Å². The predicted molar refractivity (Wildman–Crippen MR) is 95.7 cm³/mol. The van der Waals surface area contributed by atoms with Crippen LogP contribution in [0.2, 0.25) is 0 Å². The van der Waals surface area contributed by atoms with Gasteiger partial charge in [0.05, 0.1) is 19.1 Å². The molecular weight excluding hydrogens is 355 g/mol. The van der Waals surface area contributed by atoms with Crippen LogP contribution in [0.25, 0.3) is 0 Å². The van der Waals surface area contributed by atoms with Gasteiger partial charge in [-0.1, -0.05) is 0 Å². The number of aliphatic carboxylic acids is 1. The smallest absolute Gasteiger partial charge is 0.308 e. The Hall–Kier alpha value is -2.64. The van der Waals surface area contributed by atoms with Crippen molar-refractivity contribution in [2.24, 2.45) is 5.92 Å². The molecule has 0 radical (unpaired) electrons. The fourth-order valence-corrected chi connectivity index (χ4v) is 2.93. The lowest BCUT2D eigenvalue weighted by atomic mass is 9.98. The van der Waals surface area contributed by atoms with E-state index >= 15 is 0 Å². The van der Waals surface area contributed by atoms with Gasteiger partial charge in [0, 0.05) is 26.6 Å². The van der Waals surface area contributed by atoms with Crippen LogP contribution >= 0.6 is 0 Å². The van der Waals surface area contributed by atoms with Gasteiger partial charge in [-0.05, 0) is 43.5 Å². The maximum Gasteiger partial charge on any atom is 0.308 e. The Morgan fingerprint density at radius 2 is 2.00 bits per heavy atom. The third-order valence-corrected chi connectivity index (χ3v) is 4.54. The van der Waals surface area contributed by atoms with Crippen molar-refractivity contribution in [3.05, 3.63) is 30.1 Å². The van der Waals surface area contributed by atoms with Gasteiger partial charge in [0.25, 0.3) is 0 Å². The number of benzene rings is 1. The monoisotopic (exact) mass is 380 g/mol. The van der Waals surface area contributed by atoms with E-state index < -0.39 is 11.9 Å². The van der Waals surface area contributed by atoms with E-state index in [9.17, 15) is 18.8 Å². The Morgan fingerprint density at radius 1 is 1.30 bits per heavy atom. The van der Waals surface area contributed by atoms with E-state index in [1.54, 1.807) is 7.05 Å². The number of hydrogen-bond acceptors (Lipinski definition) is 4. The van der Waals surface area contributed by atoms with Gasteiger partial charge < -0.3 is 19.6 Å². The maximum atomic E-state index is 12.8. The van der Waals surface area contributed by atoms with Gasteiger partial charge >= 0.3 is 5.97 Å². The lowest BCUT2D eigenvalue weighted by molar-refractivity contribution is -0.147. The van der Waals surface area contributed by atoms with E-state index in [4.69, 9.17) is 9.84 Å². The quantitative estimate of drug-likeness (QED) is 0.695. The zero-order valence-electron chi connectivity index (χ0n) is 15.4. The molecule has 0 bridgehead atoms. The van der Waals surface area contributed by atoms with E-state index in [1.165, 1.54) is 34.1 Å². The number of carboxylic acid groups (broad SMARTS) is 1. The molecule has 148 valence electrons. The molecule has 8 heteroatoms. The second-order valence-corrected chi connectivity index (χ2v) is 6.67. The molecule has 0 spiro atoms. The average molecular weight is 380 g/mol. The van der Waals surface area contributed by atoms with Gasteiger partial charge in [0.15, 0.2) is 0 Å². The highest BCUT2D eigenvalue weighted by Gasteiger charge is 2.28. The molecule has 1 heterocycles. The SMILES string of the molecule is CN(CC(=O)N1CCCC(C(=O)O)C1)C(=O)CCCOc1ccc(F)cc1. The summed E-state index contributed by atoms with van der Waals surface area (Å²) in [4.78, 5) is 38.4. The number of nitrogens with zero attached hydrogens (tertiary/aromatic N) is 2. The molecule has 0 saturated carbocycles. The number of likely N-dealkylation sites (N-methyl/N-ethyl adjacent to an activating group) is 1. The number of amides is 2. The van der Waals surface area contributed by atoms with Crippen LogP contribution < -0.4 is 4.74 Å². The van der Waals surface area contributed by atoms with Crippen molar-refractivity contribution >= 4 is 17.8 Å². The van der Waals surface area contributed by atoms with Crippen LogP contribution in [0.3, 0.4) is 0 Å². The Balaban J connectivity index is 1.69. The van der Waals surface area contributed by atoms with E-state index in [0.29, 0.717) is 38.2 Å². The van der Waals surface area contributed by atoms with Gasteiger partial charge in [-0.2, -0.15) is 0 Å². The molecule has 1 aliphatic rings. The second kappa shape index (κ2) is 9.89. The van der Waals surface area contributed by atoms with Crippen molar-refractivity contribution in [2.45, 2.75) is 25.7 Å². The van der Waals surface area contributed by atoms with E-state index in [2.05, 4.69) is 0 Å². The normalized spacial score (nSPS) is 16.7. The van der Waals surface area contributed by atoms with Crippen LogP contribution in [0.4, 0.5) is 4.39 Å². The number of piperidine rings is 1. The largest absolute Gasteiger partial charge is 0.494 e. The van der Waals surface area contributed by atoms with Gasteiger partial charge in [-0.25, -0.2) is 4.39 Å². The van der Waals surface area contributed by atoms with E-state index in [-0.39, 0.29) is 37.1 Å². The van der Waals surface area contributed by atoms with Crippen LogP contribution in [0.5, 0.6) is 5.75 Å². The van der Waals surface area contributed by atoms with Gasteiger partial charge in [-0.15, -0.1) is 0 Å². The molecule has 1 aromatic carbocycles. The van der Waals surface area contributed by atoms with Crippen LogP contribution in [-0.4, -0.2) is 66.0 Å². The summed E-state index contributed by atoms with van der Waals surface area (Å²) in [6, 6.07) is 5.64. The standard InChI is InChI=1S/C19H25FN2O5/c1-21(13-18(24)22-10-2-4-14(12-22)19(25)26)17(23)5-3-11-27-16-8-6-15(20)7-9-16/h6-9,14H,2-5,10-13H2,1H3,(H,25,26). The molecule has 1 saturated heterocycles. The van der Waals surface area contributed by atoms with Gasteiger partial charge in [0.2, 0.25) is 11.8 Å². The number of carbonyl (C=O) groups is 3. The van der Waals surface area contributed by atoms with Crippen molar-refractivity contribution in [3.63, 3.8) is 0 Å². The topological polar surface area (TPSA) is 87.2 Å². The van der Waals surface area contributed by atoms with Crippen molar-refractivity contribution in [2.75, 3.05) is 33.3 Å². The Morgan fingerprint density at radius 3 is 2.67 bits per heavy atom. The number of ether oxygens (including phenoxy) is 1. The van der Waals surface area contributed by atoms with Crippen molar-refractivity contribution in [3.8, 4) is 5.75 Å². The number of carboxylic acids is 1. The van der Waals surface area contributed by atoms with Crippen LogP contribution in [-0.2, 0) is 14.4 Å². The summed E-state index contributed by atoms with van der Waals surface area (Å²) in [5.41, 5.74) is 0. The summed E-state index contributed by atoms with van der Waals surface area (Å²) in [5.74, 6) is -1.65. The molecule has 1 atom stereocenters. The molecule has 1 aromatic rings. The molecule has 1 fully saturated rings. The molecule has 1 aliphatic heterocycles. The van der Waals surface area contributed by atoms with Crippen LogP contribution in [0.1, 0.15) is 25.7 Å². The minimum atomic E-state index is -0.891. The molecule has 2 amide bonds. The van der Waals surface area contributed by atoms with Crippen LogP contribution in [0, 0.1) is 11.7 Å². The lowest BCUT2D eigenvalue weighted by Crippen LogP contribution is -2.46. The van der Waals surface area contributed by atoms with E-state index in [1.807, 2.05) is 0 Å². The molecule has 7 nitrogen and oxygen atoms in total. The third-order valence-electron chi connectivity index (χ3n) is 4.54. The van der Waals surface area contributed by atoms with Crippen molar-refractivity contribution < 1.29 is 28.6 Å². The molecular formula is C19H25FN2O5. The van der Waals surface area contributed by atoms with E-state index in [0.717, 1.165) is 0 Å². The molecule has 1 unspecified atom stereocenters. The predicted octanol–water partition coefficient (Wildman–Crippen LogP) is 1.77. The first-order valence-electron chi connectivity index (χ1n) is 8.99. The third kappa shape index (κ3) is 6.54. The summed E-state index contributed by atoms with van der Waals surface area (Å²) in [7, 11) is 1.56. The number of hydrogen-bond donors (Lipinski definition) is 1. The minimum absolute atomic E-state index is 0.0655. The summed E-state index contributed by atoms with van der Waals surface area (Å²) < 4.78 is 18.2. The number of rotatable bonds is 8. The summed E-state index contributed by atoms with van der Waals surface area (Å²) in [6.45, 7) is 0.966. The Labute approximate surface area is 157 Å². The molecule has 0 aliphatic carbocycles. The summed E-state index contributed by atoms with van der Waals surface area (Å²) in [6.07, 6.45) is 1.92. The fourth-order valence-electron chi connectivity index (χ4n) is 2.93. The first-order chi connectivity index (χ1) is 12.9. The number of halogens is 1. The number of likely N-dealkylation sites (tertiary alicyclic amines) is 1. The van der Waals surface area contributed by atoms with Crippen molar-refractivity contribution in [1.29, 1.82) is 0 Å². The highest BCUT2D eigenvalue weighted by molar-refractivity contribution is 5.85. The summed E-state index contributed by atoms with van der Waals surface area (Å²) in [5, 5.41) is 9.09. The first-order valence-corrected chi connectivity index (χ1v) is 8.99. The molecule has 0 aromatic heterocycles. The van der Waals surface area contributed by atoms with Crippen molar-refractivity contribution in [1.82, 2.24) is 9.80 Å². The second-order valence-electron chi connectivity index (χ2n) is 6.67. The Kier molecular flexibility index (Phi) is 7.57. The molecule has 2 rings (SSSR count). The fraction of sp³-hybridized carbons (Fsp3) is 0.526. The summed E-state index contributed by atoms with van der Waals surface area (Å²) >= 11 is 0. The first kappa shape index (κ1) is 20.7. The highest BCUT2D eigenvalue weighted by Crippen LogP contribution is 2.17. The lowest BCUT2D eigenvalue weighted by Gasteiger charge is -2.32. The molecule has 27 heavy (non-hydrogen) atoms. The average Bonchev–Trinajstić information content (AvgIpc) is 2.66. The number of carbonyl (C=O) groups excluding carboxylic acids is 2. The Bertz CT molecular complexity index is 665.